The molecular formula is C8H8N4O. The van der Waals surface area contributed by atoms with E-state index in [0.717, 1.165) is 0 Å². The molecule has 0 aromatic carbocycles. The highest BCUT2D eigenvalue weighted by Crippen LogP contribution is 1.97. The summed E-state index contributed by atoms with van der Waals surface area (Å²) < 4.78 is 0. The SMILES string of the molecule is Cc1nccnc1C(=O)NCC#N. The van der Waals surface area contributed by atoms with Crippen molar-refractivity contribution in [1.82, 2.24) is 15.3 Å². The number of hydrogen-bond donors (Lipinski definition) is 1. The van der Waals surface area contributed by atoms with Gasteiger partial charge >= 0.3 is 0 Å². The number of aryl methyl sites for hydroxylation is 1. The van der Waals surface area contributed by atoms with E-state index in [9.17, 15) is 4.79 Å². The summed E-state index contributed by atoms with van der Waals surface area (Å²) in [7, 11) is 0. The molecule has 0 unspecified atom stereocenters. The van der Waals surface area contributed by atoms with Gasteiger partial charge in [-0.05, 0) is 6.92 Å². The summed E-state index contributed by atoms with van der Waals surface area (Å²) in [5.41, 5.74) is 0.815. The highest BCUT2D eigenvalue weighted by molar-refractivity contribution is 5.93. The molecule has 1 rings (SSSR count). The number of amides is 1. The number of nitriles is 1. The predicted octanol–water partition coefficient (Wildman–Crippen LogP) is 0.0384. The minimum atomic E-state index is -0.368. The van der Waals surface area contributed by atoms with E-state index in [1.54, 1.807) is 6.92 Å². The molecule has 0 bridgehead atoms. The lowest BCUT2D eigenvalue weighted by atomic mass is 10.3. The molecule has 0 atom stereocenters. The molecule has 13 heavy (non-hydrogen) atoms. The third kappa shape index (κ3) is 2.24. The molecule has 0 saturated heterocycles. The maximum atomic E-state index is 11.3. The van der Waals surface area contributed by atoms with Gasteiger partial charge in [0, 0.05) is 12.4 Å². The smallest absolute Gasteiger partial charge is 0.272 e. The highest BCUT2D eigenvalue weighted by Gasteiger charge is 2.09. The Balaban J connectivity index is 2.78. The van der Waals surface area contributed by atoms with Crippen LogP contribution in [-0.2, 0) is 0 Å². The van der Waals surface area contributed by atoms with E-state index in [4.69, 9.17) is 5.26 Å². The topological polar surface area (TPSA) is 78.7 Å². The molecule has 1 heterocycles. The van der Waals surface area contributed by atoms with Crippen LogP contribution >= 0.6 is 0 Å². The number of carbonyl (C=O) groups is 1. The van der Waals surface area contributed by atoms with E-state index in [2.05, 4.69) is 15.3 Å². The summed E-state index contributed by atoms with van der Waals surface area (Å²) in [4.78, 5) is 19.0. The molecule has 0 radical (unpaired) electrons. The Morgan fingerprint density at radius 2 is 2.31 bits per heavy atom. The molecule has 0 aliphatic rings. The zero-order valence-corrected chi connectivity index (χ0v) is 7.11. The fraction of sp³-hybridized carbons (Fsp3) is 0.250. The van der Waals surface area contributed by atoms with E-state index in [-0.39, 0.29) is 18.1 Å². The van der Waals surface area contributed by atoms with Crippen molar-refractivity contribution in [2.45, 2.75) is 6.92 Å². The predicted molar refractivity (Wildman–Crippen MR) is 44.7 cm³/mol. The van der Waals surface area contributed by atoms with Gasteiger partial charge in [-0.2, -0.15) is 5.26 Å². The quantitative estimate of drug-likeness (QED) is 0.645. The molecule has 66 valence electrons. The minimum absolute atomic E-state index is 0.0190. The standard InChI is InChI=1S/C8H8N4O/c1-6-7(11-5-4-10-6)8(13)12-3-2-9/h4-5H,3H2,1H3,(H,12,13). The van der Waals surface area contributed by atoms with E-state index >= 15 is 0 Å². The van der Waals surface area contributed by atoms with Crippen LogP contribution in [0.25, 0.3) is 0 Å². The molecule has 1 aromatic rings. The van der Waals surface area contributed by atoms with Crippen LogP contribution in [0.3, 0.4) is 0 Å². The van der Waals surface area contributed by atoms with Crippen LogP contribution in [-0.4, -0.2) is 22.4 Å². The van der Waals surface area contributed by atoms with Crippen LogP contribution in [0.15, 0.2) is 12.4 Å². The summed E-state index contributed by atoms with van der Waals surface area (Å²) in [6.45, 7) is 1.67. The van der Waals surface area contributed by atoms with Gasteiger partial charge in [-0.3, -0.25) is 9.78 Å². The first kappa shape index (κ1) is 9.13. The average Bonchev–Trinajstić information content (AvgIpc) is 2.15. The first-order chi connectivity index (χ1) is 6.25. The van der Waals surface area contributed by atoms with E-state index < -0.39 is 0 Å². The number of aromatic nitrogens is 2. The van der Waals surface area contributed by atoms with Crippen LogP contribution in [0.2, 0.25) is 0 Å². The van der Waals surface area contributed by atoms with Gasteiger partial charge in [0.15, 0.2) is 0 Å². The number of carbonyl (C=O) groups excluding carboxylic acids is 1. The van der Waals surface area contributed by atoms with Crippen molar-refractivity contribution in [2.24, 2.45) is 0 Å². The Hall–Kier alpha value is -1.96. The molecule has 0 saturated carbocycles. The van der Waals surface area contributed by atoms with E-state index in [1.807, 2.05) is 6.07 Å². The Bertz CT molecular complexity index is 355. The molecule has 1 N–H and O–H groups in total. The molecular weight excluding hydrogens is 168 g/mol. The molecule has 1 amide bonds. The number of nitrogens with zero attached hydrogens (tertiary/aromatic N) is 3. The van der Waals surface area contributed by atoms with Gasteiger partial charge in [0.2, 0.25) is 0 Å². The van der Waals surface area contributed by atoms with Crippen LogP contribution in [0.1, 0.15) is 16.2 Å². The zero-order chi connectivity index (χ0) is 9.68. The second kappa shape index (κ2) is 4.16. The number of hydrogen-bond acceptors (Lipinski definition) is 4. The van der Waals surface area contributed by atoms with Gasteiger partial charge in [-0.15, -0.1) is 0 Å². The first-order valence-corrected chi connectivity index (χ1v) is 3.68. The molecule has 0 aliphatic carbocycles. The largest absolute Gasteiger partial charge is 0.338 e. The van der Waals surface area contributed by atoms with Crippen molar-refractivity contribution in [3.05, 3.63) is 23.8 Å². The van der Waals surface area contributed by atoms with Crippen LogP contribution in [0.4, 0.5) is 0 Å². The van der Waals surface area contributed by atoms with Gasteiger partial charge < -0.3 is 5.32 Å². The zero-order valence-electron chi connectivity index (χ0n) is 7.11. The third-order valence-electron chi connectivity index (χ3n) is 1.42. The normalized spacial score (nSPS) is 8.92. The Morgan fingerprint density at radius 3 is 2.92 bits per heavy atom. The lowest BCUT2D eigenvalue weighted by molar-refractivity contribution is 0.0952. The number of nitrogens with one attached hydrogen (secondary N) is 1. The van der Waals surface area contributed by atoms with Crippen LogP contribution < -0.4 is 5.32 Å². The third-order valence-corrected chi connectivity index (χ3v) is 1.42. The molecule has 5 nitrogen and oxygen atoms in total. The van der Waals surface area contributed by atoms with Gasteiger partial charge in [0.1, 0.15) is 12.2 Å². The molecule has 5 heteroatoms. The second-order valence-electron chi connectivity index (χ2n) is 2.33. The van der Waals surface area contributed by atoms with Gasteiger partial charge in [-0.1, -0.05) is 0 Å². The first-order valence-electron chi connectivity index (χ1n) is 3.68. The monoisotopic (exact) mass is 176 g/mol. The summed E-state index contributed by atoms with van der Waals surface area (Å²) in [5, 5.41) is 10.6. The Morgan fingerprint density at radius 1 is 1.62 bits per heavy atom. The Kier molecular flexibility index (Phi) is 2.92. The lowest BCUT2D eigenvalue weighted by Crippen LogP contribution is -2.25. The van der Waals surface area contributed by atoms with E-state index in [1.165, 1.54) is 12.4 Å². The summed E-state index contributed by atoms with van der Waals surface area (Å²) >= 11 is 0. The molecule has 1 aromatic heterocycles. The second-order valence-corrected chi connectivity index (χ2v) is 2.33. The summed E-state index contributed by atoms with van der Waals surface area (Å²) in [5.74, 6) is -0.368. The van der Waals surface area contributed by atoms with Crippen molar-refractivity contribution < 1.29 is 4.79 Å². The van der Waals surface area contributed by atoms with Crippen LogP contribution in [0, 0.1) is 18.3 Å². The number of rotatable bonds is 2. The maximum absolute atomic E-state index is 11.3. The van der Waals surface area contributed by atoms with Crippen LogP contribution in [0.5, 0.6) is 0 Å². The lowest BCUT2D eigenvalue weighted by Gasteiger charge is -2.01. The van der Waals surface area contributed by atoms with Crippen molar-refractivity contribution in [3.8, 4) is 6.07 Å². The molecule has 0 aliphatic heterocycles. The maximum Gasteiger partial charge on any atom is 0.272 e. The van der Waals surface area contributed by atoms with Gasteiger partial charge in [-0.25, -0.2) is 4.98 Å². The molecule has 0 fully saturated rings. The average molecular weight is 176 g/mol. The summed E-state index contributed by atoms with van der Waals surface area (Å²) in [6, 6.07) is 1.81. The van der Waals surface area contributed by atoms with Gasteiger partial charge in [0.25, 0.3) is 5.91 Å². The highest BCUT2D eigenvalue weighted by atomic mass is 16.1. The minimum Gasteiger partial charge on any atom is -0.338 e. The van der Waals surface area contributed by atoms with Crippen molar-refractivity contribution in [2.75, 3.05) is 6.54 Å². The Labute approximate surface area is 75.4 Å². The fourth-order valence-corrected chi connectivity index (χ4v) is 0.834. The molecule has 0 spiro atoms. The van der Waals surface area contributed by atoms with Crippen molar-refractivity contribution in [1.29, 1.82) is 5.26 Å². The van der Waals surface area contributed by atoms with Crippen molar-refractivity contribution >= 4 is 5.91 Å². The van der Waals surface area contributed by atoms with Gasteiger partial charge in [0.05, 0.1) is 11.8 Å². The fourth-order valence-electron chi connectivity index (χ4n) is 0.834. The summed E-state index contributed by atoms with van der Waals surface area (Å²) in [6.07, 6.45) is 2.95. The van der Waals surface area contributed by atoms with Crippen molar-refractivity contribution in [3.63, 3.8) is 0 Å². The van der Waals surface area contributed by atoms with E-state index in [0.29, 0.717) is 5.69 Å².